The lowest BCUT2D eigenvalue weighted by atomic mass is 9.92. The molecule has 1 saturated heterocycles. The third kappa shape index (κ3) is 11.2. The van der Waals surface area contributed by atoms with Crippen molar-refractivity contribution in [3.05, 3.63) is 0 Å². The highest BCUT2D eigenvalue weighted by molar-refractivity contribution is 6.86. The zero-order valence-electron chi connectivity index (χ0n) is 24.8. The third-order valence-electron chi connectivity index (χ3n) is 7.10. The molecular formula is C26H58O5Si3. The van der Waals surface area contributed by atoms with Gasteiger partial charge in [-0.1, -0.05) is 33.1 Å². The fourth-order valence-corrected chi connectivity index (χ4v) is 16.7. The minimum atomic E-state index is -2.28. The molecule has 0 aromatic rings. The Balaban J connectivity index is 3.06. The van der Waals surface area contributed by atoms with Gasteiger partial charge in [0.05, 0.1) is 31.5 Å². The summed E-state index contributed by atoms with van der Waals surface area (Å²) in [6, 6.07) is 1.12. The van der Waals surface area contributed by atoms with Gasteiger partial charge in [-0.3, -0.25) is 0 Å². The van der Waals surface area contributed by atoms with Gasteiger partial charge in [0.1, 0.15) is 6.10 Å². The van der Waals surface area contributed by atoms with Crippen LogP contribution in [-0.2, 0) is 22.8 Å². The molecule has 0 radical (unpaired) electrons. The zero-order valence-corrected chi connectivity index (χ0v) is 27.8. The van der Waals surface area contributed by atoms with E-state index in [1.165, 1.54) is 19.3 Å². The Morgan fingerprint density at radius 2 is 1.56 bits per heavy atom. The summed E-state index contributed by atoms with van der Waals surface area (Å²) in [5.74, 6) is 0. The quantitative estimate of drug-likeness (QED) is 0.0970. The first-order valence-corrected chi connectivity index (χ1v) is 23.1. The minimum absolute atomic E-state index is 0.182. The molecule has 0 aliphatic carbocycles. The first-order valence-electron chi connectivity index (χ1n) is 13.7. The lowest BCUT2D eigenvalue weighted by Crippen LogP contribution is -2.63. The van der Waals surface area contributed by atoms with E-state index in [1.807, 2.05) is 0 Å². The van der Waals surface area contributed by atoms with Gasteiger partial charge in [0.25, 0.3) is 0 Å². The third-order valence-corrected chi connectivity index (χ3v) is 16.9. The van der Waals surface area contributed by atoms with Crippen LogP contribution in [0, 0.1) is 0 Å². The molecule has 1 aliphatic heterocycles. The molecule has 1 rings (SSSR count). The summed E-state index contributed by atoms with van der Waals surface area (Å²) in [6.45, 7) is 30.7. The first-order chi connectivity index (χ1) is 15.4. The van der Waals surface area contributed by atoms with E-state index in [-0.39, 0.29) is 16.7 Å². The van der Waals surface area contributed by atoms with E-state index in [2.05, 4.69) is 80.4 Å². The molecule has 0 saturated carbocycles. The molecule has 4 unspecified atom stereocenters. The Morgan fingerprint density at radius 1 is 0.941 bits per heavy atom. The monoisotopic (exact) mass is 534 g/mol. The molecule has 0 aromatic heterocycles. The summed E-state index contributed by atoms with van der Waals surface area (Å²) in [4.78, 5) is 0. The molecule has 5 nitrogen and oxygen atoms in total. The standard InChI is InChI=1S/C26H58O5Si3/c1-13-14-18-28-23(2)17-15-16-19-34(12,31-33(9,10)11)26(5,22-27-20-24-21-29-24)25(3,4)30-32(6,7)8/h23-24H,13-22H2,1-12H3. The summed E-state index contributed by atoms with van der Waals surface area (Å²) >= 11 is 0. The number of rotatable bonds is 19. The minimum Gasteiger partial charge on any atom is -0.455 e. The highest BCUT2D eigenvalue weighted by Gasteiger charge is 2.59. The summed E-state index contributed by atoms with van der Waals surface area (Å²) in [5, 5.41) is -0.182. The van der Waals surface area contributed by atoms with Crippen molar-refractivity contribution in [3.8, 4) is 0 Å². The maximum Gasteiger partial charge on any atom is 0.187 e. The summed E-state index contributed by atoms with van der Waals surface area (Å²) < 4.78 is 31.9. The summed E-state index contributed by atoms with van der Waals surface area (Å²) in [7, 11) is -5.83. The van der Waals surface area contributed by atoms with Crippen LogP contribution in [0.5, 0.6) is 0 Å². The van der Waals surface area contributed by atoms with Crippen LogP contribution in [0.4, 0.5) is 0 Å². The molecule has 4 atom stereocenters. The van der Waals surface area contributed by atoms with Gasteiger partial charge in [0.15, 0.2) is 25.0 Å². The second kappa shape index (κ2) is 13.3. The number of epoxide rings is 1. The lowest BCUT2D eigenvalue weighted by Gasteiger charge is -2.56. The highest BCUT2D eigenvalue weighted by Crippen LogP contribution is 2.54. The van der Waals surface area contributed by atoms with Crippen molar-refractivity contribution in [1.29, 1.82) is 0 Å². The topological polar surface area (TPSA) is 49.5 Å². The van der Waals surface area contributed by atoms with Crippen molar-refractivity contribution in [3.63, 3.8) is 0 Å². The Morgan fingerprint density at radius 3 is 2.06 bits per heavy atom. The van der Waals surface area contributed by atoms with E-state index in [4.69, 9.17) is 22.8 Å². The molecule has 204 valence electrons. The van der Waals surface area contributed by atoms with Gasteiger partial charge in [-0.05, 0) is 85.5 Å². The van der Waals surface area contributed by atoms with Crippen LogP contribution in [0.2, 0.25) is 56.9 Å². The van der Waals surface area contributed by atoms with Crippen molar-refractivity contribution in [2.24, 2.45) is 0 Å². The largest absolute Gasteiger partial charge is 0.455 e. The average Bonchev–Trinajstić information content (AvgIpc) is 3.46. The SMILES string of the molecule is CCCCOC(C)CCCC[Si](C)(O[Si](C)(C)C)C(C)(COCC1CO1)C(C)(C)O[Si](C)(C)C. The van der Waals surface area contributed by atoms with Crippen molar-refractivity contribution >= 4 is 25.0 Å². The van der Waals surface area contributed by atoms with Crippen LogP contribution < -0.4 is 0 Å². The number of hydrogen-bond acceptors (Lipinski definition) is 5. The van der Waals surface area contributed by atoms with Crippen LogP contribution in [0.25, 0.3) is 0 Å². The smallest absolute Gasteiger partial charge is 0.187 e. The number of unbranched alkanes of at least 4 members (excludes halogenated alkanes) is 2. The predicted octanol–water partition coefficient (Wildman–Crippen LogP) is 7.59. The van der Waals surface area contributed by atoms with Crippen LogP contribution in [0.3, 0.4) is 0 Å². The van der Waals surface area contributed by atoms with Crippen molar-refractivity contribution in [2.75, 3.05) is 26.4 Å². The molecule has 0 N–H and O–H groups in total. The van der Waals surface area contributed by atoms with Gasteiger partial charge in [-0.25, -0.2) is 0 Å². The van der Waals surface area contributed by atoms with Crippen LogP contribution in [0.15, 0.2) is 0 Å². The van der Waals surface area contributed by atoms with E-state index < -0.39 is 25.0 Å². The van der Waals surface area contributed by atoms with Gasteiger partial charge in [0.2, 0.25) is 0 Å². The number of hydrogen-bond donors (Lipinski definition) is 0. The normalized spacial score (nSPS) is 21.7. The maximum absolute atomic E-state index is 7.22. The molecule has 1 fully saturated rings. The Kier molecular flexibility index (Phi) is 12.7. The van der Waals surface area contributed by atoms with Gasteiger partial charge in [0, 0.05) is 11.6 Å². The molecule has 0 bridgehead atoms. The number of ether oxygens (including phenoxy) is 3. The molecular weight excluding hydrogens is 477 g/mol. The molecule has 0 spiro atoms. The van der Waals surface area contributed by atoms with Gasteiger partial charge in [-0.15, -0.1) is 0 Å². The molecule has 34 heavy (non-hydrogen) atoms. The predicted molar refractivity (Wildman–Crippen MR) is 152 cm³/mol. The van der Waals surface area contributed by atoms with E-state index in [0.29, 0.717) is 19.3 Å². The first kappa shape index (κ1) is 32.5. The second-order valence-electron chi connectivity index (χ2n) is 13.3. The van der Waals surface area contributed by atoms with Gasteiger partial charge >= 0.3 is 0 Å². The summed E-state index contributed by atoms with van der Waals surface area (Å²) in [6.07, 6.45) is 6.39. The molecule has 1 heterocycles. The molecule has 0 aromatic carbocycles. The van der Waals surface area contributed by atoms with Crippen LogP contribution in [0.1, 0.15) is 66.7 Å². The Labute approximate surface area is 215 Å². The van der Waals surface area contributed by atoms with Crippen molar-refractivity contribution in [2.45, 2.75) is 141 Å². The van der Waals surface area contributed by atoms with Crippen molar-refractivity contribution < 1.29 is 22.8 Å². The summed E-state index contributed by atoms with van der Waals surface area (Å²) in [5.41, 5.74) is -0.334. The molecule has 0 amide bonds. The highest BCUT2D eigenvalue weighted by atomic mass is 28.4. The Hall–Kier alpha value is 0.451. The van der Waals surface area contributed by atoms with Crippen LogP contribution in [-0.4, -0.2) is 69.2 Å². The van der Waals surface area contributed by atoms with E-state index in [9.17, 15) is 0 Å². The molecule has 1 aliphatic rings. The average molecular weight is 535 g/mol. The van der Waals surface area contributed by atoms with E-state index >= 15 is 0 Å². The van der Waals surface area contributed by atoms with Crippen LogP contribution >= 0.6 is 0 Å². The lowest BCUT2D eigenvalue weighted by molar-refractivity contribution is -0.0111. The zero-order chi connectivity index (χ0) is 26.3. The fourth-order valence-electron chi connectivity index (χ4n) is 4.92. The van der Waals surface area contributed by atoms with Gasteiger partial charge in [-0.2, -0.15) is 0 Å². The van der Waals surface area contributed by atoms with Crippen molar-refractivity contribution in [1.82, 2.24) is 0 Å². The maximum atomic E-state index is 7.22. The van der Waals surface area contributed by atoms with E-state index in [0.717, 1.165) is 32.1 Å². The molecule has 8 heteroatoms. The fraction of sp³-hybridized carbons (Fsp3) is 1.00. The van der Waals surface area contributed by atoms with Gasteiger partial charge < -0.3 is 22.8 Å². The Bertz CT molecular complexity index is 586. The van der Waals surface area contributed by atoms with E-state index in [1.54, 1.807) is 0 Å². The second-order valence-corrected chi connectivity index (χ2v) is 26.8.